The second kappa shape index (κ2) is 7.89. The van der Waals surface area contributed by atoms with E-state index in [4.69, 9.17) is 4.74 Å². The minimum Gasteiger partial charge on any atom is -0.497 e. The van der Waals surface area contributed by atoms with Crippen molar-refractivity contribution in [1.29, 1.82) is 0 Å². The molecule has 2 aliphatic rings. The van der Waals surface area contributed by atoms with Crippen LogP contribution in [0, 0.1) is 5.41 Å². The van der Waals surface area contributed by atoms with E-state index in [-0.39, 0.29) is 30.7 Å². The van der Waals surface area contributed by atoms with Crippen molar-refractivity contribution >= 4 is 17.7 Å². The molecule has 1 aliphatic carbocycles. The van der Waals surface area contributed by atoms with Crippen molar-refractivity contribution < 1.29 is 19.1 Å². The lowest BCUT2D eigenvalue weighted by molar-refractivity contribution is -0.145. The zero-order valence-corrected chi connectivity index (χ0v) is 15.3. The molecule has 1 spiro atoms. The second-order valence-electron chi connectivity index (χ2n) is 7.25. The van der Waals surface area contributed by atoms with Gasteiger partial charge in [-0.2, -0.15) is 0 Å². The molecule has 1 N–H and O–H groups in total. The molecule has 26 heavy (non-hydrogen) atoms. The first-order valence-corrected chi connectivity index (χ1v) is 9.28. The number of nitrogens with zero attached hydrogens (tertiary/aromatic N) is 1. The van der Waals surface area contributed by atoms with Crippen molar-refractivity contribution in [3.63, 3.8) is 0 Å². The predicted molar refractivity (Wildman–Crippen MR) is 96.6 cm³/mol. The van der Waals surface area contributed by atoms with Gasteiger partial charge in [-0.05, 0) is 37.0 Å². The highest BCUT2D eigenvalue weighted by molar-refractivity contribution is 6.08. The first-order chi connectivity index (χ1) is 12.5. The summed E-state index contributed by atoms with van der Waals surface area (Å²) < 4.78 is 5.11. The van der Waals surface area contributed by atoms with Crippen molar-refractivity contribution in [3.05, 3.63) is 29.8 Å². The first kappa shape index (κ1) is 18.4. The van der Waals surface area contributed by atoms with Gasteiger partial charge in [-0.3, -0.25) is 19.3 Å². The molecule has 3 rings (SSSR count). The van der Waals surface area contributed by atoms with Crippen molar-refractivity contribution in [3.8, 4) is 5.75 Å². The van der Waals surface area contributed by atoms with Crippen molar-refractivity contribution in [2.24, 2.45) is 5.41 Å². The Hall–Kier alpha value is -2.37. The van der Waals surface area contributed by atoms with Gasteiger partial charge in [0.15, 0.2) is 0 Å². The summed E-state index contributed by atoms with van der Waals surface area (Å²) in [6.45, 7) is 0.300. The van der Waals surface area contributed by atoms with Crippen LogP contribution in [0.15, 0.2) is 24.3 Å². The largest absolute Gasteiger partial charge is 0.497 e. The Morgan fingerprint density at radius 2 is 1.85 bits per heavy atom. The molecule has 1 aromatic carbocycles. The van der Waals surface area contributed by atoms with Crippen LogP contribution < -0.4 is 10.1 Å². The Morgan fingerprint density at radius 3 is 2.50 bits per heavy atom. The number of carbonyl (C=O) groups excluding carboxylic acids is 3. The van der Waals surface area contributed by atoms with Gasteiger partial charge in [0.2, 0.25) is 17.7 Å². The molecule has 0 unspecified atom stereocenters. The highest BCUT2D eigenvalue weighted by Gasteiger charge is 2.51. The number of amides is 3. The summed E-state index contributed by atoms with van der Waals surface area (Å²) in [7, 11) is 1.62. The SMILES string of the molecule is COc1ccc(CCNC(=O)CN2C(=O)CC3(CCCCC3)C2=O)cc1. The summed E-state index contributed by atoms with van der Waals surface area (Å²) in [5.74, 6) is 0.156. The number of methoxy groups -OCH3 is 1. The topological polar surface area (TPSA) is 75.7 Å². The molecule has 1 aromatic rings. The zero-order chi connectivity index (χ0) is 18.6. The smallest absolute Gasteiger partial charge is 0.240 e. The van der Waals surface area contributed by atoms with Gasteiger partial charge in [-0.15, -0.1) is 0 Å². The van der Waals surface area contributed by atoms with Gasteiger partial charge in [-0.25, -0.2) is 0 Å². The average Bonchev–Trinajstić information content (AvgIpc) is 2.87. The van der Waals surface area contributed by atoms with Crippen LogP contribution >= 0.6 is 0 Å². The van der Waals surface area contributed by atoms with Crippen LogP contribution in [0.3, 0.4) is 0 Å². The molecule has 0 atom stereocenters. The normalized spacial score (nSPS) is 19.0. The summed E-state index contributed by atoms with van der Waals surface area (Å²) in [6, 6.07) is 7.65. The number of carbonyl (C=O) groups is 3. The fourth-order valence-electron chi connectivity index (χ4n) is 3.98. The van der Waals surface area contributed by atoms with Crippen LogP contribution in [-0.4, -0.2) is 42.8 Å². The van der Waals surface area contributed by atoms with Gasteiger partial charge in [0.1, 0.15) is 12.3 Å². The zero-order valence-electron chi connectivity index (χ0n) is 15.3. The maximum atomic E-state index is 12.7. The van der Waals surface area contributed by atoms with Crippen molar-refractivity contribution in [2.75, 3.05) is 20.2 Å². The molecule has 2 fully saturated rings. The van der Waals surface area contributed by atoms with Crippen molar-refractivity contribution in [2.45, 2.75) is 44.9 Å². The van der Waals surface area contributed by atoms with Gasteiger partial charge in [0, 0.05) is 13.0 Å². The number of hydrogen-bond acceptors (Lipinski definition) is 4. The molecule has 140 valence electrons. The quantitative estimate of drug-likeness (QED) is 0.790. The molecule has 1 heterocycles. The Labute approximate surface area is 153 Å². The van der Waals surface area contributed by atoms with Crippen LogP contribution in [0.25, 0.3) is 0 Å². The molecular weight excluding hydrogens is 332 g/mol. The lowest BCUT2D eigenvalue weighted by atomic mass is 9.73. The van der Waals surface area contributed by atoms with Crippen molar-refractivity contribution in [1.82, 2.24) is 10.2 Å². The van der Waals surface area contributed by atoms with E-state index in [2.05, 4.69) is 5.32 Å². The number of likely N-dealkylation sites (tertiary alicyclic amines) is 1. The van der Waals surface area contributed by atoms with Gasteiger partial charge < -0.3 is 10.1 Å². The molecule has 3 amide bonds. The third-order valence-corrected chi connectivity index (χ3v) is 5.50. The number of imide groups is 1. The average molecular weight is 358 g/mol. The van der Waals surface area contributed by atoms with Gasteiger partial charge in [-0.1, -0.05) is 31.4 Å². The summed E-state index contributed by atoms with van der Waals surface area (Å²) in [6.07, 6.45) is 5.59. The van der Waals surface area contributed by atoms with Crippen LogP contribution in [0.2, 0.25) is 0 Å². The lowest BCUT2D eigenvalue weighted by Gasteiger charge is -2.30. The van der Waals surface area contributed by atoms with E-state index in [1.54, 1.807) is 7.11 Å². The van der Waals surface area contributed by atoms with E-state index in [1.165, 1.54) is 0 Å². The number of nitrogens with one attached hydrogen (secondary N) is 1. The highest BCUT2D eigenvalue weighted by atomic mass is 16.5. The molecule has 0 radical (unpaired) electrons. The predicted octanol–water partition coefficient (Wildman–Crippen LogP) is 2.06. The Bertz CT molecular complexity index is 678. The monoisotopic (exact) mass is 358 g/mol. The standard InChI is InChI=1S/C20H26N2O4/c1-26-16-7-5-15(6-8-16)9-12-21-17(23)14-22-18(24)13-20(19(22)25)10-3-2-4-11-20/h5-8H,2-4,9-14H2,1H3,(H,21,23). The lowest BCUT2D eigenvalue weighted by Crippen LogP contribution is -2.43. The second-order valence-corrected chi connectivity index (χ2v) is 7.25. The fraction of sp³-hybridized carbons (Fsp3) is 0.550. The molecule has 1 saturated heterocycles. The van der Waals surface area contributed by atoms with Gasteiger partial charge >= 0.3 is 0 Å². The van der Waals surface area contributed by atoms with Crippen LogP contribution in [0.5, 0.6) is 5.75 Å². The number of ether oxygens (including phenoxy) is 1. The maximum absolute atomic E-state index is 12.7. The Balaban J connectivity index is 1.48. The molecule has 1 saturated carbocycles. The van der Waals surface area contributed by atoms with Crippen LogP contribution in [0.1, 0.15) is 44.1 Å². The van der Waals surface area contributed by atoms with E-state index >= 15 is 0 Å². The summed E-state index contributed by atoms with van der Waals surface area (Å²) in [5.41, 5.74) is 0.555. The van der Waals surface area contributed by atoms with Crippen LogP contribution in [0.4, 0.5) is 0 Å². The van der Waals surface area contributed by atoms with E-state index in [0.717, 1.165) is 48.3 Å². The molecular formula is C20H26N2O4. The van der Waals surface area contributed by atoms with Gasteiger partial charge in [0.05, 0.1) is 12.5 Å². The van der Waals surface area contributed by atoms with E-state index in [9.17, 15) is 14.4 Å². The number of rotatable bonds is 6. The van der Waals surface area contributed by atoms with E-state index in [0.29, 0.717) is 13.0 Å². The minimum atomic E-state index is -0.529. The minimum absolute atomic E-state index is 0.146. The first-order valence-electron chi connectivity index (χ1n) is 9.28. The number of hydrogen-bond donors (Lipinski definition) is 1. The fourth-order valence-corrected chi connectivity index (χ4v) is 3.98. The Morgan fingerprint density at radius 1 is 1.15 bits per heavy atom. The highest BCUT2D eigenvalue weighted by Crippen LogP contribution is 2.45. The molecule has 6 heteroatoms. The van der Waals surface area contributed by atoms with E-state index < -0.39 is 5.41 Å². The Kier molecular flexibility index (Phi) is 5.59. The van der Waals surface area contributed by atoms with Crippen LogP contribution in [-0.2, 0) is 20.8 Å². The molecule has 1 aliphatic heterocycles. The molecule has 6 nitrogen and oxygen atoms in total. The summed E-state index contributed by atoms with van der Waals surface area (Å²) in [4.78, 5) is 38.3. The van der Waals surface area contributed by atoms with Gasteiger partial charge in [0.25, 0.3) is 0 Å². The molecule has 0 bridgehead atoms. The third-order valence-electron chi connectivity index (χ3n) is 5.50. The van der Waals surface area contributed by atoms with E-state index in [1.807, 2.05) is 24.3 Å². The summed E-state index contributed by atoms with van der Waals surface area (Å²) >= 11 is 0. The molecule has 0 aromatic heterocycles. The summed E-state index contributed by atoms with van der Waals surface area (Å²) in [5, 5.41) is 2.80. The maximum Gasteiger partial charge on any atom is 0.240 e. The number of benzene rings is 1. The third kappa shape index (κ3) is 3.89.